The van der Waals surface area contributed by atoms with E-state index < -0.39 is 0 Å². The molecule has 3 nitrogen and oxygen atoms in total. The lowest BCUT2D eigenvalue weighted by Gasteiger charge is -2.00. The van der Waals surface area contributed by atoms with Crippen LogP contribution in [0.1, 0.15) is 17.5 Å². The van der Waals surface area contributed by atoms with Crippen molar-refractivity contribution < 1.29 is 0 Å². The first-order chi connectivity index (χ1) is 6.25. The van der Waals surface area contributed by atoms with Crippen molar-refractivity contribution >= 4 is 11.6 Å². The molecule has 4 N–H and O–H groups in total. The van der Waals surface area contributed by atoms with Gasteiger partial charge in [0.2, 0.25) is 0 Å². The molecular weight excluding hydrogens is 162 g/mol. The third kappa shape index (κ3) is 1.64. The van der Waals surface area contributed by atoms with Gasteiger partial charge in [-0.15, -0.1) is 0 Å². The summed E-state index contributed by atoms with van der Waals surface area (Å²) in [5, 5.41) is 0. The lowest BCUT2D eigenvalue weighted by atomic mass is 10.1. The van der Waals surface area contributed by atoms with E-state index in [1.165, 1.54) is 24.0 Å². The van der Waals surface area contributed by atoms with E-state index in [0.717, 1.165) is 12.1 Å². The van der Waals surface area contributed by atoms with E-state index in [-0.39, 0.29) is 5.96 Å². The Balaban J connectivity index is 2.36. The molecule has 0 amide bonds. The van der Waals surface area contributed by atoms with Crippen LogP contribution in [-0.2, 0) is 12.8 Å². The maximum atomic E-state index is 5.30. The minimum atomic E-state index is 0.123. The Morgan fingerprint density at radius 3 is 2.69 bits per heavy atom. The highest BCUT2D eigenvalue weighted by Crippen LogP contribution is 2.25. The van der Waals surface area contributed by atoms with Crippen LogP contribution in [-0.4, -0.2) is 5.96 Å². The number of benzene rings is 1. The second-order valence-corrected chi connectivity index (χ2v) is 3.34. The highest BCUT2D eigenvalue weighted by Gasteiger charge is 2.10. The highest BCUT2D eigenvalue weighted by molar-refractivity contribution is 5.79. The first kappa shape index (κ1) is 8.10. The normalized spacial score (nSPS) is 13.8. The summed E-state index contributed by atoms with van der Waals surface area (Å²) in [7, 11) is 0. The highest BCUT2D eigenvalue weighted by atomic mass is 15.0. The Bertz CT molecular complexity index is 351. The van der Waals surface area contributed by atoms with Gasteiger partial charge in [-0.25, -0.2) is 4.99 Å². The smallest absolute Gasteiger partial charge is 0.191 e. The van der Waals surface area contributed by atoms with E-state index in [9.17, 15) is 0 Å². The molecule has 1 aliphatic carbocycles. The van der Waals surface area contributed by atoms with Gasteiger partial charge in [-0.05, 0) is 42.5 Å². The number of hydrogen-bond donors (Lipinski definition) is 2. The average Bonchev–Trinajstić information content (AvgIpc) is 2.49. The maximum absolute atomic E-state index is 5.30. The number of fused-ring (bicyclic) bond motifs is 1. The summed E-state index contributed by atoms with van der Waals surface area (Å²) in [6, 6.07) is 6.15. The summed E-state index contributed by atoms with van der Waals surface area (Å²) in [6.45, 7) is 0. The van der Waals surface area contributed by atoms with Crippen molar-refractivity contribution in [3.8, 4) is 0 Å². The van der Waals surface area contributed by atoms with Crippen LogP contribution >= 0.6 is 0 Å². The molecule has 0 aromatic heterocycles. The molecule has 1 aromatic rings. The van der Waals surface area contributed by atoms with Gasteiger partial charge in [-0.2, -0.15) is 0 Å². The maximum Gasteiger partial charge on any atom is 0.191 e. The fourth-order valence-corrected chi connectivity index (χ4v) is 1.78. The van der Waals surface area contributed by atoms with Crippen LogP contribution in [0.15, 0.2) is 23.2 Å². The van der Waals surface area contributed by atoms with Gasteiger partial charge in [0.25, 0.3) is 0 Å². The standard InChI is InChI=1S/C10H13N3/c11-10(12)13-9-5-4-7-2-1-3-8(7)6-9/h4-6H,1-3H2,(H4,11,12,13). The zero-order chi connectivity index (χ0) is 9.26. The van der Waals surface area contributed by atoms with Gasteiger partial charge in [0.1, 0.15) is 0 Å². The number of rotatable bonds is 1. The first-order valence-electron chi connectivity index (χ1n) is 4.47. The fraction of sp³-hybridized carbons (Fsp3) is 0.300. The van der Waals surface area contributed by atoms with E-state index in [0.29, 0.717) is 0 Å². The number of guanidine groups is 1. The van der Waals surface area contributed by atoms with Crippen LogP contribution in [0.3, 0.4) is 0 Å². The van der Waals surface area contributed by atoms with Crippen molar-refractivity contribution in [3.05, 3.63) is 29.3 Å². The van der Waals surface area contributed by atoms with Crippen LogP contribution < -0.4 is 11.5 Å². The molecule has 0 unspecified atom stereocenters. The lowest BCUT2D eigenvalue weighted by molar-refractivity contribution is 0.912. The number of aliphatic imine (C=N–C) groups is 1. The molecule has 0 heterocycles. The third-order valence-electron chi connectivity index (χ3n) is 2.34. The third-order valence-corrected chi connectivity index (χ3v) is 2.34. The predicted molar refractivity (Wildman–Crippen MR) is 53.9 cm³/mol. The van der Waals surface area contributed by atoms with Crippen molar-refractivity contribution in [2.24, 2.45) is 16.5 Å². The van der Waals surface area contributed by atoms with Crippen molar-refractivity contribution in [1.82, 2.24) is 0 Å². The van der Waals surface area contributed by atoms with E-state index in [4.69, 9.17) is 11.5 Å². The molecule has 0 atom stereocenters. The molecule has 0 aliphatic heterocycles. The molecular formula is C10H13N3. The van der Waals surface area contributed by atoms with Gasteiger partial charge >= 0.3 is 0 Å². The van der Waals surface area contributed by atoms with Crippen molar-refractivity contribution in [1.29, 1.82) is 0 Å². The van der Waals surface area contributed by atoms with Crippen LogP contribution in [0.2, 0.25) is 0 Å². The fourth-order valence-electron chi connectivity index (χ4n) is 1.78. The summed E-state index contributed by atoms with van der Waals surface area (Å²) in [4.78, 5) is 4.01. The Morgan fingerprint density at radius 1 is 1.15 bits per heavy atom. The molecule has 0 bridgehead atoms. The minimum absolute atomic E-state index is 0.123. The molecule has 0 radical (unpaired) electrons. The molecule has 1 aromatic carbocycles. The summed E-state index contributed by atoms with van der Waals surface area (Å²) in [6.07, 6.45) is 3.60. The van der Waals surface area contributed by atoms with Crippen LogP contribution in [0.5, 0.6) is 0 Å². The summed E-state index contributed by atoms with van der Waals surface area (Å²) < 4.78 is 0. The van der Waals surface area contributed by atoms with Crippen LogP contribution in [0.4, 0.5) is 5.69 Å². The molecule has 68 valence electrons. The Morgan fingerprint density at radius 2 is 1.92 bits per heavy atom. The first-order valence-corrected chi connectivity index (χ1v) is 4.47. The lowest BCUT2D eigenvalue weighted by Crippen LogP contribution is -2.21. The van der Waals surface area contributed by atoms with Crippen LogP contribution in [0.25, 0.3) is 0 Å². The summed E-state index contributed by atoms with van der Waals surface area (Å²) in [5.41, 5.74) is 14.3. The van der Waals surface area contributed by atoms with E-state index in [2.05, 4.69) is 17.1 Å². The molecule has 2 rings (SSSR count). The van der Waals surface area contributed by atoms with Crippen molar-refractivity contribution in [2.75, 3.05) is 0 Å². The number of nitrogens with two attached hydrogens (primary N) is 2. The molecule has 0 spiro atoms. The molecule has 0 saturated heterocycles. The largest absolute Gasteiger partial charge is 0.370 e. The molecule has 3 heteroatoms. The minimum Gasteiger partial charge on any atom is -0.370 e. The average molecular weight is 175 g/mol. The van der Waals surface area contributed by atoms with Gasteiger partial charge in [0, 0.05) is 0 Å². The predicted octanol–water partition coefficient (Wildman–Crippen LogP) is 1.08. The molecule has 0 saturated carbocycles. The number of aryl methyl sites for hydroxylation is 2. The van der Waals surface area contributed by atoms with Gasteiger partial charge in [-0.3, -0.25) is 0 Å². The van der Waals surface area contributed by atoms with Crippen LogP contribution in [0, 0.1) is 0 Å². The Kier molecular flexibility index (Phi) is 1.93. The number of hydrogen-bond acceptors (Lipinski definition) is 1. The van der Waals surface area contributed by atoms with Gasteiger partial charge in [-0.1, -0.05) is 6.07 Å². The van der Waals surface area contributed by atoms with E-state index in [1.54, 1.807) is 0 Å². The summed E-state index contributed by atoms with van der Waals surface area (Å²) >= 11 is 0. The van der Waals surface area contributed by atoms with Gasteiger partial charge in [0.15, 0.2) is 5.96 Å². The zero-order valence-corrected chi connectivity index (χ0v) is 7.46. The van der Waals surface area contributed by atoms with E-state index in [1.807, 2.05) is 6.07 Å². The quantitative estimate of drug-likeness (QED) is 0.495. The Labute approximate surface area is 77.5 Å². The second-order valence-electron chi connectivity index (χ2n) is 3.34. The number of nitrogens with zero attached hydrogens (tertiary/aromatic N) is 1. The van der Waals surface area contributed by atoms with E-state index >= 15 is 0 Å². The van der Waals surface area contributed by atoms with Gasteiger partial charge in [0.05, 0.1) is 5.69 Å². The molecule has 13 heavy (non-hydrogen) atoms. The van der Waals surface area contributed by atoms with Crippen molar-refractivity contribution in [3.63, 3.8) is 0 Å². The van der Waals surface area contributed by atoms with Gasteiger partial charge < -0.3 is 11.5 Å². The second kappa shape index (κ2) is 3.09. The summed E-state index contributed by atoms with van der Waals surface area (Å²) in [5.74, 6) is 0.123. The Hall–Kier alpha value is -1.51. The topological polar surface area (TPSA) is 64.4 Å². The monoisotopic (exact) mass is 175 g/mol. The van der Waals surface area contributed by atoms with Crippen molar-refractivity contribution in [2.45, 2.75) is 19.3 Å². The zero-order valence-electron chi connectivity index (χ0n) is 7.46. The molecule has 0 fully saturated rings. The SMILES string of the molecule is NC(N)=Nc1ccc2c(c1)CCC2. The molecule has 1 aliphatic rings.